The second-order valence-electron chi connectivity index (χ2n) is 15.7. The van der Waals surface area contributed by atoms with E-state index in [1.807, 2.05) is 13.8 Å². The van der Waals surface area contributed by atoms with Crippen molar-refractivity contribution in [1.82, 2.24) is 0 Å². The van der Waals surface area contributed by atoms with Gasteiger partial charge in [-0.05, 0) is 124 Å². The Bertz CT molecular complexity index is 878. The molecule has 2 unspecified atom stereocenters. The Hall–Kier alpha value is -0.160. The molecule has 11 atom stereocenters. The molecule has 2 spiro atoms. The van der Waals surface area contributed by atoms with E-state index >= 15 is 0 Å². The van der Waals surface area contributed by atoms with Gasteiger partial charge < -0.3 is 20.1 Å². The van der Waals surface area contributed by atoms with Gasteiger partial charge in [-0.2, -0.15) is 0 Å². The van der Waals surface area contributed by atoms with Gasteiger partial charge in [0.2, 0.25) is 0 Å². The highest BCUT2D eigenvalue weighted by atomic mass is 16.5. The molecule has 34 heavy (non-hydrogen) atoms. The lowest BCUT2D eigenvalue weighted by atomic mass is 9.41. The Morgan fingerprint density at radius 3 is 2.06 bits per heavy atom. The summed E-state index contributed by atoms with van der Waals surface area (Å²) in [5.74, 6) is 1.42. The minimum absolute atomic E-state index is 0.0172. The van der Waals surface area contributed by atoms with Crippen LogP contribution < -0.4 is 0 Å². The van der Waals surface area contributed by atoms with Gasteiger partial charge in [0, 0.05) is 5.92 Å². The fourth-order valence-corrected chi connectivity index (χ4v) is 12.1. The molecule has 1 aliphatic heterocycles. The van der Waals surface area contributed by atoms with E-state index in [1.54, 1.807) is 0 Å². The number of hydrogen-bond acceptors (Lipinski definition) is 4. The molecule has 0 bridgehead atoms. The topological polar surface area (TPSA) is 69.9 Å². The van der Waals surface area contributed by atoms with Crippen molar-refractivity contribution in [1.29, 1.82) is 0 Å². The maximum Gasteiger partial charge on any atom is 0.0865 e. The average molecular weight is 475 g/mol. The molecule has 0 aromatic rings. The van der Waals surface area contributed by atoms with E-state index in [4.69, 9.17) is 4.74 Å². The highest BCUT2D eigenvalue weighted by Gasteiger charge is 2.83. The third kappa shape index (κ3) is 2.60. The van der Waals surface area contributed by atoms with Crippen molar-refractivity contribution >= 4 is 0 Å². The molecule has 1 saturated heterocycles. The molecular weight excluding hydrogens is 424 g/mol. The standard InChI is InChI=1S/C30H50O4/c1-24(2)19-8-9-20-27(6)16-18(31)23(28(7)12-11-22(34-28)25(3,4)33)26(27,5)14-15-30(20)17-29(19,30)13-10-21(24)32/h18-23,31-33H,8-17H2,1-7H3/t18-,19-,20?,21-,22-,23-,26+,27-,28+,29+,30?/m0/s1. The van der Waals surface area contributed by atoms with Crippen LogP contribution in [0.3, 0.4) is 0 Å². The quantitative estimate of drug-likeness (QED) is 0.497. The third-order valence-electron chi connectivity index (χ3n) is 13.8. The van der Waals surface area contributed by atoms with Gasteiger partial charge in [-0.15, -0.1) is 0 Å². The first-order chi connectivity index (χ1) is 15.6. The first kappa shape index (κ1) is 24.2. The molecule has 194 valence electrons. The van der Waals surface area contributed by atoms with Crippen LogP contribution in [-0.4, -0.2) is 44.8 Å². The van der Waals surface area contributed by atoms with Crippen molar-refractivity contribution in [2.75, 3.05) is 0 Å². The fourth-order valence-electron chi connectivity index (χ4n) is 12.1. The number of ether oxygens (including phenoxy) is 1. The normalized spacial score (nSPS) is 60.2. The van der Waals surface area contributed by atoms with E-state index in [-0.39, 0.29) is 46.1 Å². The van der Waals surface area contributed by atoms with Crippen molar-refractivity contribution in [3.05, 3.63) is 0 Å². The van der Waals surface area contributed by atoms with Crippen LogP contribution in [0.4, 0.5) is 0 Å². The largest absolute Gasteiger partial charge is 0.393 e. The van der Waals surface area contributed by atoms with Crippen molar-refractivity contribution in [3.8, 4) is 0 Å². The number of hydrogen-bond donors (Lipinski definition) is 3. The average Bonchev–Trinajstić information content (AvgIpc) is 3.11. The first-order valence-electron chi connectivity index (χ1n) is 14.3. The lowest BCUT2D eigenvalue weighted by Crippen LogP contribution is -2.59. The van der Waals surface area contributed by atoms with E-state index in [9.17, 15) is 15.3 Å². The summed E-state index contributed by atoms with van der Waals surface area (Å²) in [5.41, 5.74) is -0.205. The molecule has 5 saturated carbocycles. The number of aliphatic hydroxyl groups is 3. The fraction of sp³-hybridized carbons (Fsp3) is 1.00. The number of fused-ring (bicyclic) bond motifs is 2. The van der Waals surface area contributed by atoms with Crippen LogP contribution in [0.5, 0.6) is 0 Å². The maximum absolute atomic E-state index is 11.7. The Kier molecular flexibility index (Phi) is 4.72. The molecule has 4 heteroatoms. The molecule has 6 rings (SSSR count). The van der Waals surface area contributed by atoms with E-state index < -0.39 is 5.60 Å². The van der Waals surface area contributed by atoms with Gasteiger partial charge >= 0.3 is 0 Å². The second-order valence-corrected chi connectivity index (χ2v) is 15.7. The number of rotatable bonds is 2. The maximum atomic E-state index is 11.7. The van der Waals surface area contributed by atoms with Crippen LogP contribution in [0.2, 0.25) is 0 Å². The van der Waals surface area contributed by atoms with Crippen LogP contribution in [-0.2, 0) is 4.74 Å². The molecule has 0 radical (unpaired) electrons. The lowest BCUT2D eigenvalue weighted by Gasteiger charge is -2.63. The molecule has 6 aliphatic rings. The summed E-state index contributed by atoms with van der Waals surface area (Å²) >= 11 is 0. The van der Waals surface area contributed by atoms with Crippen molar-refractivity contribution in [3.63, 3.8) is 0 Å². The van der Waals surface area contributed by atoms with Gasteiger partial charge in [-0.3, -0.25) is 0 Å². The van der Waals surface area contributed by atoms with Crippen molar-refractivity contribution in [2.45, 2.75) is 142 Å². The highest BCUT2D eigenvalue weighted by Crippen LogP contribution is 2.89. The van der Waals surface area contributed by atoms with E-state index in [1.165, 1.54) is 38.5 Å². The summed E-state index contributed by atoms with van der Waals surface area (Å²) < 4.78 is 6.68. The number of aliphatic hydroxyl groups excluding tert-OH is 2. The Morgan fingerprint density at radius 2 is 1.41 bits per heavy atom. The monoisotopic (exact) mass is 474 g/mol. The van der Waals surface area contributed by atoms with Gasteiger partial charge in [0.15, 0.2) is 0 Å². The molecule has 3 N–H and O–H groups in total. The summed E-state index contributed by atoms with van der Waals surface area (Å²) in [6.07, 6.45) is 10.5. The summed E-state index contributed by atoms with van der Waals surface area (Å²) in [5, 5.41) is 33.3. The van der Waals surface area contributed by atoms with E-state index in [0.29, 0.717) is 22.7 Å². The van der Waals surface area contributed by atoms with E-state index in [2.05, 4.69) is 34.6 Å². The Morgan fingerprint density at radius 1 is 0.765 bits per heavy atom. The molecule has 1 heterocycles. The molecule has 0 amide bonds. The third-order valence-corrected chi connectivity index (χ3v) is 13.8. The predicted octanol–water partition coefficient (Wildman–Crippen LogP) is 5.47. The van der Waals surface area contributed by atoms with Crippen LogP contribution in [0.1, 0.15) is 113 Å². The smallest absolute Gasteiger partial charge is 0.0865 e. The van der Waals surface area contributed by atoms with Gasteiger partial charge in [0.1, 0.15) is 0 Å². The molecular formula is C30H50O4. The summed E-state index contributed by atoms with van der Waals surface area (Å²) in [6, 6.07) is 0. The molecule has 4 nitrogen and oxygen atoms in total. The lowest BCUT2D eigenvalue weighted by molar-refractivity contribution is -0.195. The van der Waals surface area contributed by atoms with Gasteiger partial charge in [-0.1, -0.05) is 27.7 Å². The van der Waals surface area contributed by atoms with Crippen LogP contribution in [0.15, 0.2) is 0 Å². The van der Waals surface area contributed by atoms with Crippen molar-refractivity contribution < 1.29 is 20.1 Å². The zero-order chi connectivity index (χ0) is 24.7. The van der Waals surface area contributed by atoms with Crippen molar-refractivity contribution in [2.24, 2.45) is 44.8 Å². The zero-order valence-corrected chi connectivity index (χ0v) is 22.8. The minimum atomic E-state index is -0.848. The van der Waals surface area contributed by atoms with Gasteiger partial charge in [0.25, 0.3) is 0 Å². The van der Waals surface area contributed by atoms with Crippen LogP contribution in [0.25, 0.3) is 0 Å². The molecule has 6 fully saturated rings. The predicted molar refractivity (Wildman–Crippen MR) is 133 cm³/mol. The molecule has 0 aromatic carbocycles. The van der Waals surface area contributed by atoms with Gasteiger partial charge in [0.05, 0.1) is 29.5 Å². The summed E-state index contributed by atoms with van der Waals surface area (Å²) in [6.45, 7) is 15.6. The van der Waals surface area contributed by atoms with Crippen LogP contribution in [0, 0.1) is 44.8 Å². The van der Waals surface area contributed by atoms with Crippen LogP contribution >= 0.6 is 0 Å². The Balaban J connectivity index is 1.34. The zero-order valence-electron chi connectivity index (χ0n) is 22.8. The SMILES string of the molecule is CC(C)(O)[C@@H]1CC[C@](C)([C@H]2[C@@H](O)C[C@@]3(C)C4CC[C@H]5C(C)(C)[C@@H](O)CC[C@@]56CC46CC[C@]23C)O1. The molecule has 0 aromatic heterocycles. The summed E-state index contributed by atoms with van der Waals surface area (Å²) in [4.78, 5) is 0. The highest BCUT2D eigenvalue weighted by molar-refractivity contribution is 5.31. The Labute approximate surface area is 207 Å². The minimum Gasteiger partial charge on any atom is -0.393 e. The van der Waals surface area contributed by atoms with Gasteiger partial charge in [-0.25, -0.2) is 0 Å². The second kappa shape index (κ2) is 6.63. The first-order valence-corrected chi connectivity index (χ1v) is 14.3. The summed E-state index contributed by atoms with van der Waals surface area (Å²) in [7, 11) is 0. The molecule has 5 aliphatic carbocycles. The van der Waals surface area contributed by atoms with E-state index in [0.717, 1.165) is 25.7 Å².